The summed E-state index contributed by atoms with van der Waals surface area (Å²) in [7, 11) is 0. The highest BCUT2D eigenvalue weighted by Gasteiger charge is 2.20. The second kappa shape index (κ2) is 9.15. The van der Waals surface area contributed by atoms with E-state index in [9.17, 15) is 14.4 Å². The molecule has 1 atom stereocenters. The fraction of sp³-hybridized carbons (Fsp3) is 0.727. The molecule has 0 aromatic rings. The van der Waals surface area contributed by atoms with E-state index in [2.05, 4.69) is 4.84 Å². The number of aliphatic carboxylic acids is 1. The van der Waals surface area contributed by atoms with Gasteiger partial charge in [-0.3, -0.25) is 9.63 Å². The number of rotatable bonds is 9. The molecule has 0 aromatic carbocycles. The zero-order valence-electron chi connectivity index (χ0n) is 11.0. The molecule has 0 saturated heterocycles. The van der Waals surface area contributed by atoms with Crippen LogP contribution in [0.1, 0.15) is 33.1 Å². The normalized spacial score (nSPS) is 11.9. The van der Waals surface area contributed by atoms with Crippen LogP contribution in [0.25, 0.3) is 0 Å². The molecule has 0 aliphatic heterocycles. The van der Waals surface area contributed by atoms with E-state index in [0.29, 0.717) is 12.3 Å². The number of ether oxygens (including phenoxy) is 1. The van der Waals surface area contributed by atoms with Gasteiger partial charge in [-0.2, -0.15) is 5.48 Å². The predicted molar refractivity (Wildman–Crippen MR) is 64.9 cm³/mol. The van der Waals surface area contributed by atoms with Gasteiger partial charge >= 0.3 is 12.1 Å². The summed E-state index contributed by atoms with van der Waals surface area (Å²) in [4.78, 5) is 37.1. The van der Waals surface area contributed by atoms with Crippen molar-refractivity contribution in [3.8, 4) is 0 Å². The Labute approximate surface area is 111 Å². The second-order valence-electron chi connectivity index (χ2n) is 4.37. The standard InChI is InChI=1S/C11H20N2O6/c1-7(2)5-6-18-11(17)13-19-8(10(15)16)3-4-9(12)14/h7-8H,3-6H2,1-2H3,(H2,12,14)(H,13,17)(H,15,16)/t8-/m1/s1. The molecule has 0 bridgehead atoms. The van der Waals surface area contributed by atoms with Crippen LogP contribution in [0.2, 0.25) is 0 Å². The Kier molecular flexibility index (Phi) is 8.27. The number of hydrogen-bond acceptors (Lipinski definition) is 5. The molecule has 0 aliphatic rings. The van der Waals surface area contributed by atoms with Crippen LogP contribution in [0.15, 0.2) is 0 Å². The van der Waals surface area contributed by atoms with E-state index in [-0.39, 0.29) is 19.4 Å². The van der Waals surface area contributed by atoms with E-state index in [0.717, 1.165) is 0 Å². The summed E-state index contributed by atoms with van der Waals surface area (Å²) in [6, 6.07) is 0. The maximum atomic E-state index is 11.1. The highest BCUT2D eigenvalue weighted by Crippen LogP contribution is 2.02. The molecule has 0 aromatic heterocycles. The van der Waals surface area contributed by atoms with E-state index in [4.69, 9.17) is 15.6 Å². The average Bonchev–Trinajstić information content (AvgIpc) is 2.27. The van der Waals surface area contributed by atoms with Crippen molar-refractivity contribution in [2.75, 3.05) is 6.61 Å². The minimum Gasteiger partial charge on any atom is -0.479 e. The summed E-state index contributed by atoms with van der Waals surface area (Å²) in [5.41, 5.74) is 6.76. The molecule has 2 amide bonds. The number of carbonyl (C=O) groups is 3. The van der Waals surface area contributed by atoms with Crippen LogP contribution >= 0.6 is 0 Å². The minimum absolute atomic E-state index is 0.128. The van der Waals surface area contributed by atoms with Crippen molar-refractivity contribution in [1.82, 2.24) is 5.48 Å². The van der Waals surface area contributed by atoms with Crippen molar-refractivity contribution in [3.63, 3.8) is 0 Å². The number of hydroxylamine groups is 1. The van der Waals surface area contributed by atoms with Crippen LogP contribution in [-0.4, -0.2) is 35.8 Å². The lowest BCUT2D eigenvalue weighted by Gasteiger charge is -2.13. The summed E-state index contributed by atoms with van der Waals surface area (Å²) >= 11 is 0. The third-order valence-electron chi connectivity index (χ3n) is 2.14. The van der Waals surface area contributed by atoms with Gasteiger partial charge in [-0.15, -0.1) is 0 Å². The summed E-state index contributed by atoms with van der Waals surface area (Å²) in [5.74, 6) is -1.56. The largest absolute Gasteiger partial charge is 0.479 e. The van der Waals surface area contributed by atoms with Gasteiger partial charge in [-0.05, 0) is 18.8 Å². The quantitative estimate of drug-likeness (QED) is 0.523. The molecule has 0 heterocycles. The van der Waals surface area contributed by atoms with Crippen molar-refractivity contribution in [1.29, 1.82) is 0 Å². The third kappa shape index (κ3) is 9.83. The number of carboxylic acids is 1. The fourth-order valence-electron chi connectivity index (χ4n) is 1.04. The van der Waals surface area contributed by atoms with Gasteiger partial charge in [0.15, 0.2) is 6.10 Å². The lowest BCUT2D eigenvalue weighted by molar-refractivity contribution is -0.155. The van der Waals surface area contributed by atoms with Crippen molar-refractivity contribution >= 4 is 18.0 Å². The van der Waals surface area contributed by atoms with Gasteiger partial charge in [0.25, 0.3) is 0 Å². The first-order chi connectivity index (χ1) is 8.82. The highest BCUT2D eigenvalue weighted by atomic mass is 16.7. The van der Waals surface area contributed by atoms with Crippen LogP contribution in [0.5, 0.6) is 0 Å². The number of nitrogens with two attached hydrogens (primary N) is 1. The SMILES string of the molecule is CC(C)CCOC(=O)NO[C@H](CCC(N)=O)C(=O)O. The second-order valence-corrected chi connectivity index (χ2v) is 4.37. The average molecular weight is 276 g/mol. The summed E-state index contributed by atoms with van der Waals surface area (Å²) in [6.45, 7) is 4.16. The first kappa shape index (κ1) is 17.2. The molecule has 0 spiro atoms. The van der Waals surface area contributed by atoms with Crippen LogP contribution in [0.3, 0.4) is 0 Å². The number of primary amides is 1. The van der Waals surface area contributed by atoms with Gasteiger partial charge in [0.2, 0.25) is 5.91 Å². The molecule has 0 radical (unpaired) electrons. The molecule has 0 aliphatic carbocycles. The van der Waals surface area contributed by atoms with E-state index < -0.39 is 24.1 Å². The predicted octanol–water partition coefficient (Wildman–Crippen LogP) is 0.409. The number of carbonyl (C=O) groups excluding carboxylic acids is 2. The Hall–Kier alpha value is -1.83. The molecule has 8 heteroatoms. The Balaban J connectivity index is 3.93. The Morgan fingerprint density at radius 3 is 2.37 bits per heavy atom. The summed E-state index contributed by atoms with van der Waals surface area (Å²) in [6.07, 6.45) is -1.80. The summed E-state index contributed by atoms with van der Waals surface area (Å²) in [5, 5.41) is 8.78. The molecule has 0 saturated carbocycles. The molecule has 4 N–H and O–H groups in total. The third-order valence-corrected chi connectivity index (χ3v) is 2.14. The van der Waals surface area contributed by atoms with E-state index in [1.165, 1.54) is 0 Å². The topological polar surface area (TPSA) is 128 Å². The van der Waals surface area contributed by atoms with Gasteiger partial charge in [0.05, 0.1) is 6.61 Å². The molecule has 0 unspecified atom stereocenters. The monoisotopic (exact) mass is 276 g/mol. The molecule has 19 heavy (non-hydrogen) atoms. The van der Waals surface area contributed by atoms with Crippen molar-refractivity contribution < 1.29 is 29.1 Å². The summed E-state index contributed by atoms with van der Waals surface area (Å²) < 4.78 is 4.75. The smallest absolute Gasteiger partial charge is 0.431 e. The van der Waals surface area contributed by atoms with Gasteiger partial charge in [-0.25, -0.2) is 9.59 Å². The molecule has 8 nitrogen and oxygen atoms in total. The molecule has 0 fully saturated rings. The van der Waals surface area contributed by atoms with Crippen molar-refractivity contribution in [2.24, 2.45) is 11.7 Å². The van der Waals surface area contributed by atoms with Crippen LogP contribution in [-0.2, 0) is 19.2 Å². The molecular formula is C11H20N2O6. The van der Waals surface area contributed by atoms with Crippen LogP contribution in [0.4, 0.5) is 4.79 Å². The number of hydrogen-bond donors (Lipinski definition) is 3. The Morgan fingerprint density at radius 1 is 1.26 bits per heavy atom. The zero-order valence-corrected chi connectivity index (χ0v) is 11.0. The minimum atomic E-state index is -1.34. The molecular weight excluding hydrogens is 256 g/mol. The van der Waals surface area contributed by atoms with E-state index in [1.54, 1.807) is 0 Å². The number of nitrogens with one attached hydrogen (secondary N) is 1. The maximum Gasteiger partial charge on any atom is 0.431 e. The van der Waals surface area contributed by atoms with E-state index in [1.807, 2.05) is 19.3 Å². The van der Waals surface area contributed by atoms with Crippen molar-refractivity contribution in [2.45, 2.75) is 39.2 Å². The molecule has 110 valence electrons. The Morgan fingerprint density at radius 2 is 1.89 bits per heavy atom. The zero-order chi connectivity index (χ0) is 14.8. The maximum absolute atomic E-state index is 11.1. The first-order valence-electron chi connectivity index (χ1n) is 5.92. The first-order valence-corrected chi connectivity index (χ1v) is 5.92. The van der Waals surface area contributed by atoms with E-state index >= 15 is 0 Å². The van der Waals surface area contributed by atoms with Crippen molar-refractivity contribution in [3.05, 3.63) is 0 Å². The Bertz CT molecular complexity index is 318. The number of carboxylic acid groups (broad SMARTS) is 1. The molecule has 0 rings (SSSR count). The fourth-order valence-corrected chi connectivity index (χ4v) is 1.04. The van der Waals surface area contributed by atoms with Gasteiger partial charge in [0, 0.05) is 6.42 Å². The number of amides is 2. The van der Waals surface area contributed by atoms with Gasteiger partial charge in [-0.1, -0.05) is 13.8 Å². The van der Waals surface area contributed by atoms with Crippen LogP contribution < -0.4 is 11.2 Å². The van der Waals surface area contributed by atoms with Crippen LogP contribution in [0, 0.1) is 5.92 Å². The lowest BCUT2D eigenvalue weighted by Crippen LogP contribution is -2.35. The highest BCUT2D eigenvalue weighted by molar-refractivity contribution is 5.76. The lowest BCUT2D eigenvalue weighted by atomic mass is 10.1. The van der Waals surface area contributed by atoms with Gasteiger partial charge in [0.1, 0.15) is 0 Å². The van der Waals surface area contributed by atoms with Gasteiger partial charge < -0.3 is 15.6 Å².